The summed E-state index contributed by atoms with van der Waals surface area (Å²) < 4.78 is 7.68. The van der Waals surface area contributed by atoms with Crippen molar-refractivity contribution < 1.29 is 4.74 Å². The van der Waals surface area contributed by atoms with E-state index in [2.05, 4.69) is 23.9 Å². The third kappa shape index (κ3) is 3.29. The summed E-state index contributed by atoms with van der Waals surface area (Å²) in [6.45, 7) is 6.65. The average molecular weight is 274 g/mol. The van der Waals surface area contributed by atoms with Crippen LogP contribution in [0.1, 0.15) is 44.1 Å². The molecular weight excluding hydrogens is 252 g/mol. The molecule has 0 atom stereocenters. The lowest BCUT2D eigenvalue weighted by Gasteiger charge is -2.12. The SMILES string of the molecule is CCC(CC)n1ccc(COc2ccc(C)nc2N)n1. The normalized spacial score (nSPS) is 11.0. The molecule has 2 rings (SSSR count). The predicted molar refractivity (Wildman–Crippen MR) is 79.6 cm³/mol. The molecule has 0 spiro atoms. The molecule has 0 aliphatic rings. The number of nitrogens with two attached hydrogens (primary N) is 1. The largest absolute Gasteiger partial charge is 0.483 e. The third-order valence-corrected chi connectivity index (χ3v) is 3.38. The van der Waals surface area contributed by atoms with Crippen LogP contribution in [0.5, 0.6) is 5.75 Å². The first kappa shape index (κ1) is 14.4. The Hall–Kier alpha value is -2.04. The summed E-state index contributed by atoms with van der Waals surface area (Å²) in [4.78, 5) is 4.17. The van der Waals surface area contributed by atoms with Crippen LogP contribution in [0, 0.1) is 6.92 Å². The van der Waals surface area contributed by atoms with Gasteiger partial charge in [-0.3, -0.25) is 4.68 Å². The number of aromatic nitrogens is 3. The molecule has 0 unspecified atom stereocenters. The second kappa shape index (κ2) is 6.41. The Bertz CT molecular complexity index is 561. The average Bonchev–Trinajstić information content (AvgIpc) is 2.88. The smallest absolute Gasteiger partial charge is 0.166 e. The number of hydrogen-bond donors (Lipinski definition) is 1. The van der Waals surface area contributed by atoms with E-state index in [-0.39, 0.29) is 0 Å². The second-order valence-electron chi connectivity index (χ2n) is 4.88. The van der Waals surface area contributed by atoms with Crippen molar-refractivity contribution >= 4 is 5.82 Å². The van der Waals surface area contributed by atoms with Crippen LogP contribution in [-0.4, -0.2) is 14.8 Å². The van der Waals surface area contributed by atoms with Gasteiger partial charge < -0.3 is 10.5 Å². The third-order valence-electron chi connectivity index (χ3n) is 3.38. The van der Waals surface area contributed by atoms with Crippen molar-refractivity contribution in [3.8, 4) is 5.75 Å². The van der Waals surface area contributed by atoms with Gasteiger partial charge in [-0.2, -0.15) is 5.10 Å². The van der Waals surface area contributed by atoms with Gasteiger partial charge in [0.2, 0.25) is 0 Å². The van der Waals surface area contributed by atoms with Crippen molar-refractivity contribution in [2.24, 2.45) is 0 Å². The van der Waals surface area contributed by atoms with E-state index in [0.717, 1.165) is 24.2 Å². The minimum Gasteiger partial charge on any atom is -0.483 e. The maximum absolute atomic E-state index is 5.82. The first-order valence-corrected chi connectivity index (χ1v) is 7.04. The van der Waals surface area contributed by atoms with Gasteiger partial charge in [0.25, 0.3) is 0 Å². The number of pyridine rings is 1. The van der Waals surface area contributed by atoms with Crippen LogP contribution in [0.15, 0.2) is 24.4 Å². The predicted octanol–water partition coefficient (Wildman–Crippen LogP) is 3.11. The molecule has 0 aromatic carbocycles. The highest BCUT2D eigenvalue weighted by molar-refractivity contribution is 5.46. The van der Waals surface area contributed by atoms with Gasteiger partial charge in [-0.1, -0.05) is 13.8 Å². The first-order valence-electron chi connectivity index (χ1n) is 7.04. The number of anilines is 1. The topological polar surface area (TPSA) is 66.0 Å². The van der Waals surface area contributed by atoms with Crippen LogP contribution in [0.4, 0.5) is 5.82 Å². The summed E-state index contributed by atoms with van der Waals surface area (Å²) in [5.74, 6) is 1.03. The summed E-state index contributed by atoms with van der Waals surface area (Å²) in [5, 5.41) is 4.54. The van der Waals surface area contributed by atoms with E-state index >= 15 is 0 Å². The van der Waals surface area contributed by atoms with Gasteiger partial charge in [0, 0.05) is 11.9 Å². The van der Waals surface area contributed by atoms with Crippen molar-refractivity contribution in [3.05, 3.63) is 35.8 Å². The van der Waals surface area contributed by atoms with Gasteiger partial charge in [-0.05, 0) is 38.0 Å². The number of ether oxygens (including phenoxy) is 1. The lowest BCUT2D eigenvalue weighted by molar-refractivity contribution is 0.298. The van der Waals surface area contributed by atoms with Gasteiger partial charge in [-0.25, -0.2) is 4.98 Å². The molecule has 0 bridgehead atoms. The minimum atomic E-state index is 0.405. The highest BCUT2D eigenvalue weighted by Crippen LogP contribution is 2.20. The van der Waals surface area contributed by atoms with Crippen molar-refractivity contribution in [1.82, 2.24) is 14.8 Å². The Labute approximate surface area is 119 Å². The number of nitrogens with zero attached hydrogens (tertiary/aromatic N) is 3. The number of hydrogen-bond acceptors (Lipinski definition) is 4. The minimum absolute atomic E-state index is 0.405. The molecule has 0 fully saturated rings. The van der Waals surface area contributed by atoms with Gasteiger partial charge in [0.15, 0.2) is 11.6 Å². The van der Waals surface area contributed by atoms with E-state index < -0.39 is 0 Å². The Kier molecular flexibility index (Phi) is 4.61. The van der Waals surface area contributed by atoms with Crippen molar-refractivity contribution in [2.75, 3.05) is 5.73 Å². The number of nitrogen functional groups attached to an aromatic ring is 1. The molecule has 2 N–H and O–H groups in total. The number of rotatable bonds is 6. The molecule has 5 heteroatoms. The molecule has 2 heterocycles. The van der Waals surface area contributed by atoms with E-state index in [1.54, 1.807) is 0 Å². The van der Waals surface area contributed by atoms with Gasteiger partial charge in [-0.15, -0.1) is 0 Å². The molecule has 0 radical (unpaired) electrons. The van der Waals surface area contributed by atoms with Crippen molar-refractivity contribution in [3.63, 3.8) is 0 Å². The molecule has 0 aliphatic carbocycles. The van der Waals surface area contributed by atoms with E-state index in [0.29, 0.717) is 24.2 Å². The lowest BCUT2D eigenvalue weighted by atomic mass is 10.2. The van der Waals surface area contributed by atoms with E-state index in [4.69, 9.17) is 10.5 Å². The van der Waals surface area contributed by atoms with E-state index in [9.17, 15) is 0 Å². The summed E-state index contributed by atoms with van der Waals surface area (Å²) in [7, 11) is 0. The molecule has 5 nitrogen and oxygen atoms in total. The zero-order valence-corrected chi connectivity index (χ0v) is 12.3. The van der Waals surface area contributed by atoms with Gasteiger partial charge in [0.05, 0.1) is 11.7 Å². The summed E-state index contributed by atoms with van der Waals surface area (Å²) in [6.07, 6.45) is 4.16. The van der Waals surface area contributed by atoms with Crippen molar-refractivity contribution in [1.29, 1.82) is 0 Å². The molecule has 2 aromatic rings. The molecule has 0 saturated carbocycles. The molecule has 2 aromatic heterocycles. The molecule has 20 heavy (non-hydrogen) atoms. The van der Waals surface area contributed by atoms with E-state index in [1.165, 1.54) is 0 Å². The van der Waals surface area contributed by atoms with Crippen LogP contribution in [0.25, 0.3) is 0 Å². The lowest BCUT2D eigenvalue weighted by Crippen LogP contribution is -2.08. The standard InChI is InChI=1S/C15H22N4O/c1-4-13(5-2)19-9-8-12(18-19)10-20-14-7-6-11(3)17-15(14)16/h6-9,13H,4-5,10H2,1-3H3,(H2,16,17). The fourth-order valence-corrected chi connectivity index (χ4v) is 2.16. The monoisotopic (exact) mass is 274 g/mol. The summed E-state index contributed by atoms with van der Waals surface area (Å²) in [6, 6.07) is 6.16. The van der Waals surface area contributed by atoms with Crippen LogP contribution in [-0.2, 0) is 6.61 Å². The molecular formula is C15H22N4O. The zero-order valence-electron chi connectivity index (χ0n) is 12.3. The first-order chi connectivity index (χ1) is 9.63. The van der Waals surface area contributed by atoms with Gasteiger partial charge >= 0.3 is 0 Å². The van der Waals surface area contributed by atoms with Crippen LogP contribution >= 0.6 is 0 Å². The maximum atomic E-state index is 5.82. The fourth-order valence-electron chi connectivity index (χ4n) is 2.16. The van der Waals surface area contributed by atoms with Crippen LogP contribution in [0.2, 0.25) is 0 Å². The summed E-state index contributed by atoms with van der Waals surface area (Å²) >= 11 is 0. The molecule has 0 amide bonds. The van der Waals surface area contributed by atoms with Crippen LogP contribution < -0.4 is 10.5 Å². The maximum Gasteiger partial charge on any atom is 0.166 e. The molecule has 0 aliphatic heterocycles. The fraction of sp³-hybridized carbons (Fsp3) is 0.467. The van der Waals surface area contributed by atoms with E-state index in [1.807, 2.05) is 36.0 Å². The van der Waals surface area contributed by atoms with Crippen molar-refractivity contribution in [2.45, 2.75) is 46.3 Å². The highest BCUT2D eigenvalue weighted by atomic mass is 16.5. The quantitative estimate of drug-likeness (QED) is 0.879. The second-order valence-corrected chi connectivity index (χ2v) is 4.88. The highest BCUT2D eigenvalue weighted by Gasteiger charge is 2.09. The van der Waals surface area contributed by atoms with Gasteiger partial charge in [0.1, 0.15) is 6.61 Å². The van der Waals surface area contributed by atoms with Crippen LogP contribution in [0.3, 0.4) is 0 Å². The summed E-state index contributed by atoms with van der Waals surface area (Å²) in [5.41, 5.74) is 7.60. The molecule has 0 saturated heterocycles. The Morgan fingerprint density at radius 2 is 2.00 bits per heavy atom. The number of aryl methyl sites for hydroxylation is 1. The zero-order chi connectivity index (χ0) is 14.5. The Morgan fingerprint density at radius 1 is 1.25 bits per heavy atom. The molecule has 108 valence electrons. The Balaban J connectivity index is 2.00. The Morgan fingerprint density at radius 3 is 2.65 bits per heavy atom.